The third-order valence-electron chi connectivity index (χ3n) is 4.20. The first-order valence-electron chi connectivity index (χ1n) is 6.82. The number of likely N-dealkylation sites (N-methyl/N-ethyl adjacent to an activating group) is 1. The summed E-state index contributed by atoms with van der Waals surface area (Å²) in [6.45, 7) is 11.9. The van der Waals surface area contributed by atoms with E-state index in [1.54, 1.807) is 0 Å². The fraction of sp³-hybridized carbons (Fsp3) is 0.625. The molecule has 1 atom stereocenters. The zero-order chi connectivity index (χ0) is 13.9. The van der Waals surface area contributed by atoms with Crippen LogP contribution in [0.3, 0.4) is 0 Å². The van der Waals surface area contributed by atoms with E-state index >= 15 is 0 Å². The highest BCUT2D eigenvalue weighted by Gasteiger charge is 2.23. The Morgan fingerprint density at radius 1 is 1.28 bits per heavy atom. The molecule has 0 saturated carbocycles. The average Bonchev–Trinajstić information content (AvgIpc) is 2.31. The van der Waals surface area contributed by atoms with Crippen LogP contribution in [0, 0.1) is 13.8 Å². The van der Waals surface area contributed by atoms with Crippen LogP contribution in [0.5, 0.6) is 0 Å². The van der Waals surface area contributed by atoms with E-state index in [2.05, 4.69) is 64.8 Å². The standard InChI is InChI=1S/C16H28N2/c1-7-16(4,5)18(6)11-15(17)14-10-12(2)8-9-13(14)3/h8-10,15H,7,11,17H2,1-6H3. The van der Waals surface area contributed by atoms with Gasteiger partial charge in [-0.05, 0) is 52.3 Å². The lowest BCUT2D eigenvalue weighted by atomic mass is 9.95. The highest BCUT2D eigenvalue weighted by atomic mass is 15.2. The van der Waals surface area contributed by atoms with E-state index in [0.717, 1.165) is 13.0 Å². The Morgan fingerprint density at radius 3 is 2.44 bits per heavy atom. The topological polar surface area (TPSA) is 29.3 Å². The van der Waals surface area contributed by atoms with Crippen LogP contribution in [-0.4, -0.2) is 24.0 Å². The minimum atomic E-state index is 0.0840. The van der Waals surface area contributed by atoms with Crippen molar-refractivity contribution in [2.45, 2.75) is 52.6 Å². The number of hydrogen-bond donors (Lipinski definition) is 1. The third kappa shape index (κ3) is 3.56. The van der Waals surface area contributed by atoms with Gasteiger partial charge in [0.25, 0.3) is 0 Å². The molecule has 0 saturated heterocycles. The van der Waals surface area contributed by atoms with Gasteiger partial charge in [0.1, 0.15) is 0 Å². The Bertz CT molecular complexity index is 396. The molecule has 1 aromatic carbocycles. The van der Waals surface area contributed by atoms with Crippen LogP contribution in [0.2, 0.25) is 0 Å². The molecule has 1 aromatic rings. The molecular formula is C16H28N2. The third-order valence-corrected chi connectivity index (χ3v) is 4.20. The summed E-state index contributed by atoms with van der Waals surface area (Å²) in [7, 11) is 2.16. The van der Waals surface area contributed by atoms with Crippen LogP contribution in [-0.2, 0) is 0 Å². The van der Waals surface area contributed by atoms with Crippen LogP contribution in [0.4, 0.5) is 0 Å². The molecule has 2 heteroatoms. The quantitative estimate of drug-likeness (QED) is 0.865. The molecule has 0 aliphatic rings. The second kappa shape index (κ2) is 5.85. The van der Waals surface area contributed by atoms with Crippen molar-refractivity contribution in [3.8, 4) is 0 Å². The second-order valence-electron chi connectivity index (χ2n) is 6.01. The van der Waals surface area contributed by atoms with Crippen LogP contribution in [0.15, 0.2) is 18.2 Å². The van der Waals surface area contributed by atoms with Crippen molar-refractivity contribution in [1.29, 1.82) is 0 Å². The average molecular weight is 248 g/mol. The SMILES string of the molecule is CCC(C)(C)N(C)CC(N)c1cc(C)ccc1C. The van der Waals surface area contributed by atoms with E-state index in [0.29, 0.717) is 0 Å². The summed E-state index contributed by atoms with van der Waals surface area (Å²) in [5.41, 5.74) is 10.4. The fourth-order valence-electron chi connectivity index (χ4n) is 2.07. The Kier molecular flexibility index (Phi) is 4.94. The van der Waals surface area contributed by atoms with Crippen LogP contribution in [0.25, 0.3) is 0 Å². The van der Waals surface area contributed by atoms with E-state index in [4.69, 9.17) is 5.73 Å². The lowest BCUT2D eigenvalue weighted by Crippen LogP contribution is -2.44. The molecule has 0 heterocycles. The maximum Gasteiger partial charge on any atom is 0.0427 e. The van der Waals surface area contributed by atoms with E-state index in [-0.39, 0.29) is 11.6 Å². The molecule has 102 valence electrons. The first kappa shape index (κ1) is 15.2. The zero-order valence-corrected chi connectivity index (χ0v) is 12.7. The van der Waals surface area contributed by atoms with Crippen molar-refractivity contribution in [1.82, 2.24) is 4.90 Å². The minimum absolute atomic E-state index is 0.0840. The maximum absolute atomic E-state index is 6.38. The number of nitrogens with zero attached hydrogens (tertiary/aromatic N) is 1. The van der Waals surface area contributed by atoms with Gasteiger partial charge in [-0.25, -0.2) is 0 Å². The highest BCUT2D eigenvalue weighted by Crippen LogP contribution is 2.22. The first-order valence-corrected chi connectivity index (χ1v) is 6.82. The summed E-state index contributed by atoms with van der Waals surface area (Å²) in [5, 5.41) is 0. The molecule has 0 aromatic heterocycles. The summed E-state index contributed by atoms with van der Waals surface area (Å²) in [6, 6.07) is 6.61. The Balaban J connectivity index is 2.82. The van der Waals surface area contributed by atoms with E-state index in [1.165, 1.54) is 16.7 Å². The summed E-state index contributed by atoms with van der Waals surface area (Å²) in [5.74, 6) is 0. The molecule has 0 spiro atoms. The molecule has 0 radical (unpaired) electrons. The summed E-state index contributed by atoms with van der Waals surface area (Å²) in [6.07, 6.45) is 1.13. The smallest absolute Gasteiger partial charge is 0.0427 e. The molecule has 0 aliphatic carbocycles. The maximum atomic E-state index is 6.38. The molecule has 1 rings (SSSR count). The number of hydrogen-bond acceptors (Lipinski definition) is 2. The van der Waals surface area contributed by atoms with Gasteiger partial charge in [-0.15, -0.1) is 0 Å². The molecule has 2 nitrogen and oxygen atoms in total. The molecule has 0 bridgehead atoms. The highest BCUT2D eigenvalue weighted by molar-refractivity contribution is 5.33. The van der Waals surface area contributed by atoms with Crippen molar-refractivity contribution in [3.63, 3.8) is 0 Å². The number of benzene rings is 1. The van der Waals surface area contributed by atoms with Crippen molar-refractivity contribution >= 4 is 0 Å². The number of rotatable bonds is 5. The Hall–Kier alpha value is -0.860. The predicted octanol–water partition coefficient (Wildman–Crippen LogP) is 3.42. The van der Waals surface area contributed by atoms with Gasteiger partial charge in [0, 0.05) is 18.1 Å². The van der Waals surface area contributed by atoms with E-state index < -0.39 is 0 Å². The van der Waals surface area contributed by atoms with E-state index in [1.807, 2.05) is 0 Å². The zero-order valence-electron chi connectivity index (χ0n) is 12.7. The van der Waals surface area contributed by atoms with Crippen molar-refractivity contribution < 1.29 is 0 Å². The normalized spacial score (nSPS) is 14.0. The van der Waals surface area contributed by atoms with Gasteiger partial charge in [-0.1, -0.05) is 30.7 Å². The number of nitrogens with two attached hydrogens (primary N) is 1. The van der Waals surface area contributed by atoms with Gasteiger partial charge in [0.2, 0.25) is 0 Å². The molecule has 1 unspecified atom stereocenters. The molecule has 18 heavy (non-hydrogen) atoms. The van der Waals surface area contributed by atoms with Gasteiger partial charge in [0.05, 0.1) is 0 Å². The molecule has 0 fully saturated rings. The van der Waals surface area contributed by atoms with Gasteiger partial charge in [-0.2, -0.15) is 0 Å². The lowest BCUT2D eigenvalue weighted by Gasteiger charge is -2.36. The van der Waals surface area contributed by atoms with E-state index in [9.17, 15) is 0 Å². The summed E-state index contributed by atoms with van der Waals surface area (Å²) >= 11 is 0. The predicted molar refractivity (Wildman–Crippen MR) is 79.8 cm³/mol. The Morgan fingerprint density at radius 2 is 1.89 bits per heavy atom. The lowest BCUT2D eigenvalue weighted by molar-refractivity contribution is 0.142. The van der Waals surface area contributed by atoms with Gasteiger partial charge >= 0.3 is 0 Å². The molecule has 2 N–H and O–H groups in total. The van der Waals surface area contributed by atoms with Gasteiger partial charge < -0.3 is 5.73 Å². The van der Waals surface area contributed by atoms with Crippen molar-refractivity contribution in [3.05, 3.63) is 34.9 Å². The molecular weight excluding hydrogens is 220 g/mol. The molecule has 0 aliphatic heterocycles. The van der Waals surface area contributed by atoms with Gasteiger partial charge in [-0.3, -0.25) is 4.90 Å². The second-order valence-corrected chi connectivity index (χ2v) is 6.01. The molecule has 0 amide bonds. The van der Waals surface area contributed by atoms with Gasteiger partial charge in [0.15, 0.2) is 0 Å². The number of aryl methyl sites for hydroxylation is 2. The summed E-state index contributed by atoms with van der Waals surface area (Å²) < 4.78 is 0. The van der Waals surface area contributed by atoms with Crippen LogP contribution in [0.1, 0.15) is 49.9 Å². The fourth-order valence-corrected chi connectivity index (χ4v) is 2.07. The monoisotopic (exact) mass is 248 g/mol. The van der Waals surface area contributed by atoms with Crippen LogP contribution >= 0.6 is 0 Å². The Labute approximate surface area is 112 Å². The van der Waals surface area contributed by atoms with Crippen molar-refractivity contribution in [2.75, 3.05) is 13.6 Å². The largest absolute Gasteiger partial charge is 0.323 e. The van der Waals surface area contributed by atoms with Crippen molar-refractivity contribution in [2.24, 2.45) is 5.73 Å². The first-order chi connectivity index (χ1) is 8.27. The van der Waals surface area contributed by atoms with Crippen LogP contribution < -0.4 is 5.73 Å². The minimum Gasteiger partial charge on any atom is -0.323 e. The summed E-state index contributed by atoms with van der Waals surface area (Å²) in [4.78, 5) is 2.36.